The number of nitrogens with one attached hydrogen (secondary N) is 2. The molecule has 4 rings (SSSR count). The second kappa shape index (κ2) is 7.56. The minimum atomic E-state index is -0.201. The maximum absolute atomic E-state index is 12.1. The number of benzene rings is 3. The van der Waals surface area contributed by atoms with E-state index in [0.717, 1.165) is 28.0 Å². The van der Waals surface area contributed by atoms with E-state index in [1.54, 1.807) is 0 Å². The van der Waals surface area contributed by atoms with Crippen molar-refractivity contribution in [3.05, 3.63) is 77.9 Å². The van der Waals surface area contributed by atoms with Crippen molar-refractivity contribution in [2.75, 3.05) is 11.9 Å². The van der Waals surface area contributed by atoms with Crippen molar-refractivity contribution in [2.45, 2.75) is 13.8 Å². The van der Waals surface area contributed by atoms with Crippen LogP contribution in [-0.4, -0.2) is 22.5 Å². The Balaban J connectivity index is 1.39. The average Bonchev–Trinajstić information content (AvgIpc) is 3.11. The van der Waals surface area contributed by atoms with Gasteiger partial charge in [-0.3, -0.25) is 4.79 Å². The number of carbonyl (C=O) groups is 1. The summed E-state index contributed by atoms with van der Waals surface area (Å²) in [4.78, 5) is 20.1. The first-order valence-corrected chi connectivity index (χ1v) is 9.13. The first-order valence-electron chi connectivity index (χ1n) is 9.13. The van der Waals surface area contributed by atoms with Crippen LogP contribution in [0.2, 0.25) is 0 Å². The summed E-state index contributed by atoms with van der Waals surface area (Å²) in [6.07, 6.45) is 0. The molecule has 28 heavy (non-hydrogen) atoms. The van der Waals surface area contributed by atoms with Gasteiger partial charge in [0.15, 0.2) is 6.61 Å². The van der Waals surface area contributed by atoms with Gasteiger partial charge in [-0.1, -0.05) is 23.8 Å². The number of rotatable bonds is 5. The minimum Gasteiger partial charge on any atom is -0.484 e. The van der Waals surface area contributed by atoms with Gasteiger partial charge in [0, 0.05) is 11.3 Å². The number of carbonyl (C=O) groups excluding carboxylic acids is 1. The Kier molecular flexibility index (Phi) is 4.81. The molecule has 0 saturated carbocycles. The van der Waals surface area contributed by atoms with Crippen molar-refractivity contribution < 1.29 is 9.53 Å². The second-order valence-electron chi connectivity index (χ2n) is 6.83. The van der Waals surface area contributed by atoms with Crippen LogP contribution in [0.1, 0.15) is 11.1 Å². The molecule has 0 unspecified atom stereocenters. The van der Waals surface area contributed by atoms with Crippen LogP contribution in [0, 0.1) is 13.8 Å². The van der Waals surface area contributed by atoms with Crippen LogP contribution in [-0.2, 0) is 4.79 Å². The van der Waals surface area contributed by atoms with Crippen LogP contribution in [0.25, 0.3) is 22.4 Å². The highest BCUT2D eigenvalue weighted by Gasteiger charge is 2.07. The summed E-state index contributed by atoms with van der Waals surface area (Å²) in [7, 11) is 0. The first-order chi connectivity index (χ1) is 13.6. The van der Waals surface area contributed by atoms with Crippen molar-refractivity contribution in [3.8, 4) is 17.1 Å². The van der Waals surface area contributed by atoms with E-state index in [-0.39, 0.29) is 12.5 Å². The zero-order valence-electron chi connectivity index (χ0n) is 15.8. The van der Waals surface area contributed by atoms with E-state index in [4.69, 9.17) is 4.74 Å². The number of H-pyrrole nitrogens is 1. The van der Waals surface area contributed by atoms with E-state index < -0.39 is 0 Å². The second-order valence-corrected chi connectivity index (χ2v) is 6.83. The van der Waals surface area contributed by atoms with Crippen LogP contribution < -0.4 is 10.1 Å². The summed E-state index contributed by atoms with van der Waals surface area (Å²) in [6, 6.07) is 21.3. The van der Waals surface area contributed by atoms with Gasteiger partial charge in [-0.2, -0.15) is 0 Å². The molecule has 1 aromatic heterocycles. The fourth-order valence-electron chi connectivity index (χ4n) is 2.94. The predicted octanol–water partition coefficient (Wildman–Crippen LogP) is 4.86. The average molecular weight is 371 g/mol. The van der Waals surface area contributed by atoms with Crippen LogP contribution in [0.15, 0.2) is 66.7 Å². The van der Waals surface area contributed by atoms with E-state index in [1.165, 1.54) is 5.56 Å². The zero-order valence-corrected chi connectivity index (χ0v) is 15.8. The number of aromatic nitrogens is 2. The lowest BCUT2D eigenvalue weighted by atomic mass is 10.2. The van der Waals surface area contributed by atoms with E-state index >= 15 is 0 Å². The number of imidazole rings is 1. The van der Waals surface area contributed by atoms with E-state index in [9.17, 15) is 4.79 Å². The number of aromatic amines is 1. The van der Waals surface area contributed by atoms with Gasteiger partial charge in [-0.05, 0) is 67.9 Å². The molecule has 0 aliphatic carbocycles. The van der Waals surface area contributed by atoms with Gasteiger partial charge < -0.3 is 15.0 Å². The Morgan fingerprint density at radius 3 is 2.43 bits per heavy atom. The molecule has 140 valence electrons. The van der Waals surface area contributed by atoms with Crippen molar-refractivity contribution in [1.82, 2.24) is 9.97 Å². The maximum Gasteiger partial charge on any atom is 0.262 e. The fraction of sp³-hybridized carbons (Fsp3) is 0.130. The molecule has 2 N–H and O–H groups in total. The van der Waals surface area contributed by atoms with Crippen molar-refractivity contribution in [1.29, 1.82) is 0 Å². The molecule has 1 amide bonds. The quantitative estimate of drug-likeness (QED) is 0.526. The third kappa shape index (κ3) is 4.04. The Labute approximate surface area is 163 Å². The number of anilines is 1. The lowest BCUT2D eigenvalue weighted by Gasteiger charge is -2.08. The molecule has 0 saturated heterocycles. The normalized spacial score (nSPS) is 10.8. The Morgan fingerprint density at radius 2 is 1.68 bits per heavy atom. The monoisotopic (exact) mass is 371 g/mol. The molecule has 0 bridgehead atoms. The van der Waals surface area contributed by atoms with Crippen LogP contribution in [0.4, 0.5) is 5.69 Å². The van der Waals surface area contributed by atoms with Crippen molar-refractivity contribution in [3.63, 3.8) is 0 Å². The first kappa shape index (κ1) is 17.8. The SMILES string of the molecule is Cc1ccc(OCC(=O)Nc2ccc(-c3nc4cc(C)ccc4[nH]3)cc2)cc1. The molecule has 0 radical (unpaired) electrons. The molecule has 0 atom stereocenters. The highest BCUT2D eigenvalue weighted by Crippen LogP contribution is 2.22. The van der Waals surface area contributed by atoms with Gasteiger partial charge in [0.05, 0.1) is 11.0 Å². The molecule has 4 aromatic rings. The number of amides is 1. The lowest BCUT2D eigenvalue weighted by molar-refractivity contribution is -0.118. The van der Waals surface area contributed by atoms with E-state index in [0.29, 0.717) is 11.4 Å². The number of fused-ring (bicyclic) bond motifs is 1. The van der Waals surface area contributed by atoms with Gasteiger partial charge in [-0.15, -0.1) is 0 Å². The molecule has 0 aliphatic rings. The molecular weight excluding hydrogens is 350 g/mol. The molecular formula is C23H21N3O2. The number of nitrogens with zero attached hydrogens (tertiary/aromatic N) is 1. The molecule has 3 aromatic carbocycles. The Hall–Kier alpha value is -3.60. The fourth-order valence-corrected chi connectivity index (χ4v) is 2.94. The van der Waals surface area contributed by atoms with Crippen molar-refractivity contribution in [2.24, 2.45) is 0 Å². The highest BCUT2D eigenvalue weighted by atomic mass is 16.5. The van der Waals surface area contributed by atoms with Gasteiger partial charge >= 0.3 is 0 Å². The van der Waals surface area contributed by atoms with Crippen LogP contribution in [0.5, 0.6) is 5.75 Å². The summed E-state index contributed by atoms with van der Waals surface area (Å²) in [5.74, 6) is 1.28. The summed E-state index contributed by atoms with van der Waals surface area (Å²) < 4.78 is 5.50. The molecule has 5 nitrogen and oxygen atoms in total. The molecule has 0 spiro atoms. The van der Waals surface area contributed by atoms with Gasteiger partial charge in [0.25, 0.3) is 5.91 Å². The Bertz CT molecular complexity index is 1110. The van der Waals surface area contributed by atoms with E-state index in [1.807, 2.05) is 68.4 Å². The topological polar surface area (TPSA) is 67.0 Å². The van der Waals surface area contributed by atoms with Gasteiger partial charge in [-0.25, -0.2) is 4.98 Å². The molecule has 5 heteroatoms. The zero-order chi connectivity index (χ0) is 19.5. The lowest BCUT2D eigenvalue weighted by Crippen LogP contribution is -2.20. The predicted molar refractivity (Wildman–Crippen MR) is 112 cm³/mol. The third-order valence-electron chi connectivity index (χ3n) is 4.47. The molecule has 0 aliphatic heterocycles. The number of hydrogen-bond donors (Lipinski definition) is 2. The number of ether oxygens (including phenoxy) is 1. The standard InChI is InChI=1S/C23H21N3O2/c1-15-3-10-19(11-4-15)28-14-22(27)24-18-8-6-17(7-9-18)23-25-20-12-5-16(2)13-21(20)26-23/h3-13H,14H2,1-2H3,(H,24,27)(H,25,26). The smallest absolute Gasteiger partial charge is 0.262 e. The summed E-state index contributed by atoms with van der Waals surface area (Å²) >= 11 is 0. The minimum absolute atomic E-state index is 0.0340. The largest absolute Gasteiger partial charge is 0.484 e. The van der Waals surface area contributed by atoms with E-state index in [2.05, 4.69) is 27.4 Å². The number of aryl methyl sites for hydroxylation is 2. The third-order valence-corrected chi connectivity index (χ3v) is 4.47. The van der Waals surface area contributed by atoms with Crippen LogP contribution >= 0.6 is 0 Å². The summed E-state index contributed by atoms with van der Waals surface area (Å²) in [5.41, 5.74) is 5.95. The van der Waals surface area contributed by atoms with Gasteiger partial charge in [0.2, 0.25) is 0 Å². The number of hydrogen-bond acceptors (Lipinski definition) is 3. The molecule has 0 fully saturated rings. The Morgan fingerprint density at radius 1 is 0.964 bits per heavy atom. The summed E-state index contributed by atoms with van der Waals surface area (Å²) in [6.45, 7) is 4.02. The highest BCUT2D eigenvalue weighted by molar-refractivity contribution is 5.92. The maximum atomic E-state index is 12.1. The molecule has 1 heterocycles. The van der Waals surface area contributed by atoms with Crippen molar-refractivity contribution >= 4 is 22.6 Å². The summed E-state index contributed by atoms with van der Waals surface area (Å²) in [5, 5.41) is 2.84. The van der Waals surface area contributed by atoms with Gasteiger partial charge in [0.1, 0.15) is 11.6 Å². The van der Waals surface area contributed by atoms with Crippen LogP contribution in [0.3, 0.4) is 0 Å².